The Morgan fingerprint density at radius 3 is 2.47 bits per heavy atom. The zero-order chi connectivity index (χ0) is 13.9. The number of benzene rings is 1. The molecule has 1 heterocycles. The van der Waals surface area contributed by atoms with Gasteiger partial charge in [0.05, 0.1) is 17.8 Å². The molecule has 2 rings (SSSR count). The normalized spacial score (nSPS) is 11.1. The molecule has 0 saturated heterocycles. The van der Waals surface area contributed by atoms with Gasteiger partial charge < -0.3 is 5.73 Å². The second-order valence-electron chi connectivity index (χ2n) is 4.67. The smallest absolute Gasteiger partial charge is 0.249 e. The largest absolute Gasteiger partial charge is 0.399 e. The molecule has 1 aromatic heterocycles. The summed E-state index contributed by atoms with van der Waals surface area (Å²) in [5.74, 6) is -0.0127. The Bertz CT molecular complexity index is 565. The molecule has 1 aromatic carbocycles. The first kappa shape index (κ1) is 12.9. The van der Waals surface area contributed by atoms with Gasteiger partial charge in [0.2, 0.25) is 11.9 Å². The minimum absolute atomic E-state index is 0.191. The van der Waals surface area contributed by atoms with Crippen LogP contribution in [-0.4, -0.2) is 21.1 Å². The van der Waals surface area contributed by atoms with Gasteiger partial charge in [0.1, 0.15) is 0 Å². The van der Waals surface area contributed by atoms with Crippen LogP contribution in [0.2, 0.25) is 0 Å². The van der Waals surface area contributed by atoms with Crippen molar-refractivity contribution in [3.63, 3.8) is 0 Å². The number of carbonyl (C=O) groups excluding carboxylic acids is 1. The third kappa shape index (κ3) is 2.85. The Labute approximate surface area is 111 Å². The van der Waals surface area contributed by atoms with Gasteiger partial charge in [-0.15, -0.1) is 5.10 Å². The van der Waals surface area contributed by atoms with Gasteiger partial charge in [-0.3, -0.25) is 10.1 Å². The first-order chi connectivity index (χ1) is 9.00. The van der Waals surface area contributed by atoms with E-state index < -0.39 is 5.41 Å². The molecule has 2 aromatic rings. The number of rotatable bonds is 3. The van der Waals surface area contributed by atoms with Crippen LogP contribution in [0.3, 0.4) is 0 Å². The quantitative estimate of drug-likeness (QED) is 0.810. The Morgan fingerprint density at radius 1 is 1.21 bits per heavy atom. The van der Waals surface area contributed by atoms with E-state index in [-0.39, 0.29) is 11.9 Å². The van der Waals surface area contributed by atoms with Gasteiger partial charge in [-0.25, -0.2) is 4.98 Å². The minimum Gasteiger partial charge on any atom is -0.399 e. The lowest BCUT2D eigenvalue weighted by Gasteiger charge is -2.23. The third-order valence-corrected chi connectivity index (χ3v) is 2.91. The van der Waals surface area contributed by atoms with E-state index in [1.165, 1.54) is 12.4 Å². The van der Waals surface area contributed by atoms with Crippen LogP contribution in [0.1, 0.15) is 19.4 Å². The maximum atomic E-state index is 12.3. The summed E-state index contributed by atoms with van der Waals surface area (Å²) in [6, 6.07) is 7.20. The predicted molar refractivity (Wildman–Crippen MR) is 72.3 cm³/mol. The molecular weight excluding hydrogens is 242 g/mol. The molecule has 3 N–H and O–H groups in total. The number of anilines is 2. The molecule has 0 spiro atoms. The maximum Gasteiger partial charge on any atom is 0.249 e. The van der Waals surface area contributed by atoms with E-state index in [9.17, 15) is 4.79 Å². The number of aromatic nitrogens is 3. The van der Waals surface area contributed by atoms with Crippen LogP contribution in [0.5, 0.6) is 0 Å². The molecule has 0 bridgehead atoms. The van der Waals surface area contributed by atoms with Gasteiger partial charge >= 0.3 is 0 Å². The Balaban J connectivity index is 2.19. The predicted octanol–water partition coefficient (Wildman–Crippen LogP) is 1.37. The fourth-order valence-electron chi connectivity index (χ4n) is 1.59. The summed E-state index contributed by atoms with van der Waals surface area (Å²) in [7, 11) is 0. The highest BCUT2D eigenvalue weighted by molar-refractivity contribution is 5.97. The lowest BCUT2D eigenvalue weighted by Crippen LogP contribution is -2.35. The summed E-state index contributed by atoms with van der Waals surface area (Å²) in [5, 5.41) is 10.0. The first-order valence-electron chi connectivity index (χ1n) is 5.81. The van der Waals surface area contributed by atoms with Crippen LogP contribution >= 0.6 is 0 Å². The standard InChI is InChI=1S/C13H15N5O/c1-13(2,9-3-5-10(14)6-4-9)11(19)17-12-15-7-8-16-18-12/h3-8H,14H2,1-2H3,(H,15,17,18,19). The van der Waals surface area contributed by atoms with Gasteiger partial charge in [-0.05, 0) is 31.5 Å². The summed E-state index contributed by atoms with van der Waals surface area (Å²) in [5.41, 5.74) is 6.45. The van der Waals surface area contributed by atoms with Crippen LogP contribution < -0.4 is 11.1 Å². The van der Waals surface area contributed by atoms with Crippen LogP contribution in [0.15, 0.2) is 36.7 Å². The van der Waals surface area contributed by atoms with Crippen molar-refractivity contribution >= 4 is 17.5 Å². The average Bonchev–Trinajstić information content (AvgIpc) is 2.40. The van der Waals surface area contributed by atoms with Gasteiger partial charge in [-0.1, -0.05) is 12.1 Å². The monoisotopic (exact) mass is 257 g/mol. The summed E-state index contributed by atoms with van der Waals surface area (Å²) in [4.78, 5) is 16.2. The Kier molecular flexibility index (Phi) is 3.41. The summed E-state index contributed by atoms with van der Waals surface area (Å²) < 4.78 is 0. The molecule has 1 amide bonds. The number of hydrogen-bond donors (Lipinski definition) is 2. The summed E-state index contributed by atoms with van der Waals surface area (Å²) >= 11 is 0. The van der Waals surface area contributed by atoms with Crippen molar-refractivity contribution < 1.29 is 4.79 Å². The van der Waals surface area contributed by atoms with E-state index in [2.05, 4.69) is 20.5 Å². The highest BCUT2D eigenvalue weighted by atomic mass is 16.2. The van der Waals surface area contributed by atoms with Crippen molar-refractivity contribution in [2.75, 3.05) is 11.1 Å². The highest BCUT2D eigenvalue weighted by Gasteiger charge is 2.30. The average molecular weight is 257 g/mol. The van der Waals surface area contributed by atoms with Gasteiger partial charge in [0.25, 0.3) is 0 Å². The molecule has 0 fully saturated rings. The molecule has 98 valence electrons. The molecule has 0 atom stereocenters. The lowest BCUT2D eigenvalue weighted by molar-refractivity contribution is -0.120. The van der Waals surface area contributed by atoms with Crippen molar-refractivity contribution in [2.45, 2.75) is 19.3 Å². The van der Waals surface area contributed by atoms with Crippen molar-refractivity contribution in [2.24, 2.45) is 0 Å². The fourth-order valence-corrected chi connectivity index (χ4v) is 1.59. The topological polar surface area (TPSA) is 93.8 Å². The number of amides is 1. The fraction of sp³-hybridized carbons (Fsp3) is 0.231. The van der Waals surface area contributed by atoms with E-state index >= 15 is 0 Å². The molecular formula is C13H15N5O. The van der Waals surface area contributed by atoms with Crippen LogP contribution in [0.25, 0.3) is 0 Å². The highest BCUT2D eigenvalue weighted by Crippen LogP contribution is 2.25. The van der Waals surface area contributed by atoms with Gasteiger partial charge in [0.15, 0.2) is 0 Å². The van der Waals surface area contributed by atoms with Gasteiger partial charge in [0, 0.05) is 5.69 Å². The molecule has 6 heteroatoms. The summed E-state index contributed by atoms with van der Waals surface area (Å²) in [6.07, 6.45) is 2.92. The van der Waals surface area contributed by atoms with E-state index in [0.717, 1.165) is 5.56 Å². The molecule has 0 aliphatic carbocycles. The Hall–Kier alpha value is -2.50. The summed E-state index contributed by atoms with van der Waals surface area (Å²) in [6.45, 7) is 3.65. The number of nitrogens with zero attached hydrogens (tertiary/aromatic N) is 3. The number of nitrogens with one attached hydrogen (secondary N) is 1. The second-order valence-corrected chi connectivity index (χ2v) is 4.67. The first-order valence-corrected chi connectivity index (χ1v) is 5.81. The molecule has 0 unspecified atom stereocenters. The number of hydrogen-bond acceptors (Lipinski definition) is 5. The van der Waals surface area contributed by atoms with Gasteiger partial charge in [-0.2, -0.15) is 5.10 Å². The van der Waals surface area contributed by atoms with E-state index in [1.807, 2.05) is 26.0 Å². The Morgan fingerprint density at radius 2 is 1.89 bits per heavy atom. The molecule has 19 heavy (non-hydrogen) atoms. The molecule has 0 aliphatic rings. The van der Waals surface area contributed by atoms with E-state index in [1.54, 1.807) is 12.1 Å². The second kappa shape index (κ2) is 5.01. The zero-order valence-corrected chi connectivity index (χ0v) is 10.8. The van der Waals surface area contributed by atoms with Crippen molar-refractivity contribution in [1.82, 2.24) is 15.2 Å². The minimum atomic E-state index is -0.715. The number of nitrogen functional groups attached to an aromatic ring is 1. The van der Waals surface area contributed by atoms with Crippen molar-refractivity contribution in [3.05, 3.63) is 42.2 Å². The van der Waals surface area contributed by atoms with Crippen molar-refractivity contribution in [3.8, 4) is 0 Å². The van der Waals surface area contributed by atoms with Crippen molar-refractivity contribution in [1.29, 1.82) is 0 Å². The molecule has 6 nitrogen and oxygen atoms in total. The number of nitrogens with two attached hydrogens (primary N) is 1. The van der Waals surface area contributed by atoms with E-state index in [4.69, 9.17) is 5.73 Å². The molecule has 0 aliphatic heterocycles. The van der Waals surface area contributed by atoms with Crippen LogP contribution in [0, 0.1) is 0 Å². The molecule has 0 radical (unpaired) electrons. The number of carbonyl (C=O) groups is 1. The van der Waals surface area contributed by atoms with Crippen LogP contribution in [-0.2, 0) is 10.2 Å². The SMILES string of the molecule is CC(C)(C(=O)Nc1nccnn1)c1ccc(N)cc1. The van der Waals surface area contributed by atoms with Crippen LogP contribution in [0.4, 0.5) is 11.6 Å². The van der Waals surface area contributed by atoms with E-state index in [0.29, 0.717) is 5.69 Å². The maximum absolute atomic E-state index is 12.3. The molecule has 0 saturated carbocycles. The lowest BCUT2D eigenvalue weighted by atomic mass is 9.83. The zero-order valence-electron chi connectivity index (χ0n) is 10.8. The third-order valence-electron chi connectivity index (χ3n) is 2.91.